The fraction of sp³-hybridized carbons (Fsp3) is 0.364. The number of methoxy groups -OCH3 is 1. The number of hydrogen-bond acceptors (Lipinski definition) is 4. The van der Waals surface area contributed by atoms with E-state index in [0.717, 1.165) is 12.8 Å². The van der Waals surface area contributed by atoms with Gasteiger partial charge in [-0.1, -0.05) is 49.2 Å². The summed E-state index contributed by atoms with van der Waals surface area (Å²) in [7, 11) is 1.31. The maximum absolute atomic E-state index is 12.7. The van der Waals surface area contributed by atoms with Gasteiger partial charge in [0, 0.05) is 17.5 Å². The van der Waals surface area contributed by atoms with E-state index in [1.54, 1.807) is 24.3 Å². The second-order valence-electron chi connectivity index (χ2n) is 6.93. The molecule has 0 unspecified atom stereocenters. The fourth-order valence-electron chi connectivity index (χ4n) is 3.69. The van der Waals surface area contributed by atoms with Crippen LogP contribution in [0, 0.1) is 0 Å². The zero-order valence-electron chi connectivity index (χ0n) is 15.6. The molecule has 0 saturated heterocycles. The van der Waals surface area contributed by atoms with Crippen LogP contribution in [-0.2, 0) is 14.9 Å². The van der Waals surface area contributed by atoms with Gasteiger partial charge in [0.05, 0.1) is 7.11 Å². The molecule has 3 rings (SSSR count). The standard InChI is InChI=1S/C22H25NO4/c1-26-20(24)15-27-19-11-7-8-17(14-19)21(25)23-16-22(12-5-6-13-22)18-9-3-2-4-10-18/h2-4,7-11,14H,5-6,12-13,15-16H2,1H3,(H,23,25). The molecular weight excluding hydrogens is 342 g/mol. The summed E-state index contributed by atoms with van der Waals surface area (Å²) in [5.41, 5.74) is 1.81. The number of benzene rings is 2. The van der Waals surface area contributed by atoms with E-state index in [4.69, 9.17) is 4.74 Å². The molecule has 0 radical (unpaired) electrons. The number of ether oxygens (including phenoxy) is 2. The molecule has 0 heterocycles. The summed E-state index contributed by atoms with van der Waals surface area (Å²) in [6.45, 7) is 0.432. The lowest BCUT2D eigenvalue weighted by Gasteiger charge is -2.30. The number of rotatable bonds is 7. The van der Waals surface area contributed by atoms with Gasteiger partial charge in [-0.2, -0.15) is 0 Å². The van der Waals surface area contributed by atoms with Crippen molar-refractivity contribution in [1.29, 1.82) is 0 Å². The molecule has 1 fully saturated rings. The van der Waals surface area contributed by atoms with E-state index in [1.807, 2.05) is 6.07 Å². The minimum atomic E-state index is -0.462. The Morgan fingerprint density at radius 1 is 1.04 bits per heavy atom. The Balaban J connectivity index is 1.65. The van der Waals surface area contributed by atoms with Crippen molar-refractivity contribution in [2.75, 3.05) is 20.3 Å². The molecule has 0 atom stereocenters. The molecule has 0 bridgehead atoms. The van der Waals surface area contributed by atoms with Crippen LogP contribution in [-0.4, -0.2) is 32.1 Å². The SMILES string of the molecule is COC(=O)COc1cccc(C(=O)NCC2(c3ccccc3)CCCC2)c1. The third kappa shape index (κ3) is 4.67. The van der Waals surface area contributed by atoms with Crippen molar-refractivity contribution in [3.05, 3.63) is 65.7 Å². The van der Waals surface area contributed by atoms with Crippen LogP contribution < -0.4 is 10.1 Å². The van der Waals surface area contributed by atoms with Gasteiger partial charge in [-0.25, -0.2) is 4.79 Å². The van der Waals surface area contributed by atoms with Gasteiger partial charge in [0.1, 0.15) is 5.75 Å². The largest absolute Gasteiger partial charge is 0.482 e. The van der Waals surface area contributed by atoms with Crippen molar-refractivity contribution in [2.45, 2.75) is 31.1 Å². The van der Waals surface area contributed by atoms with Crippen LogP contribution in [0.5, 0.6) is 5.75 Å². The first-order valence-electron chi connectivity index (χ1n) is 9.26. The molecular formula is C22H25NO4. The highest BCUT2D eigenvalue weighted by Crippen LogP contribution is 2.40. The first-order valence-corrected chi connectivity index (χ1v) is 9.26. The van der Waals surface area contributed by atoms with Crippen molar-refractivity contribution in [2.24, 2.45) is 0 Å². The molecule has 1 N–H and O–H groups in total. The molecule has 5 heteroatoms. The van der Waals surface area contributed by atoms with E-state index in [0.29, 0.717) is 17.9 Å². The Hall–Kier alpha value is -2.82. The third-order valence-corrected chi connectivity index (χ3v) is 5.21. The van der Waals surface area contributed by atoms with Crippen molar-refractivity contribution >= 4 is 11.9 Å². The predicted molar refractivity (Wildman–Crippen MR) is 103 cm³/mol. The maximum Gasteiger partial charge on any atom is 0.343 e. The summed E-state index contributed by atoms with van der Waals surface area (Å²) < 4.78 is 9.92. The summed E-state index contributed by atoms with van der Waals surface area (Å²) in [6.07, 6.45) is 4.53. The third-order valence-electron chi connectivity index (χ3n) is 5.21. The van der Waals surface area contributed by atoms with Crippen LogP contribution in [0.4, 0.5) is 0 Å². The van der Waals surface area contributed by atoms with E-state index in [-0.39, 0.29) is 17.9 Å². The van der Waals surface area contributed by atoms with Crippen molar-refractivity contribution in [3.63, 3.8) is 0 Å². The van der Waals surface area contributed by atoms with Gasteiger partial charge >= 0.3 is 5.97 Å². The molecule has 27 heavy (non-hydrogen) atoms. The van der Waals surface area contributed by atoms with E-state index in [9.17, 15) is 9.59 Å². The predicted octanol–water partition coefficient (Wildman–Crippen LogP) is 3.48. The van der Waals surface area contributed by atoms with Crippen LogP contribution in [0.25, 0.3) is 0 Å². The van der Waals surface area contributed by atoms with Gasteiger partial charge < -0.3 is 14.8 Å². The lowest BCUT2D eigenvalue weighted by Crippen LogP contribution is -2.39. The Kier molecular flexibility index (Phi) is 6.12. The zero-order valence-corrected chi connectivity index (χ0v) is 15.6. The molecule has 142 valence electrons. The molecule has 1 saturated carbocycles. The molecule has 1 aliphatic carbocycles. The quantitative estimate of drug-likeness (QED) is 0.761. The molecule has 1 amide bonds. The first kappa shape index (κ1) is 19.0. The molecule has 1 aliphatic rings. The van der Waals surface area contributed by atoms with Gasteiger partial charge in [0.2, 0.25) is 0 Å². The lowest BCUT2D eigenvalue weighted by molar-refractivity contribution is -0.142. The summed E-state index contributed by atoms with van der Waals surface area (Å²) in [5.74, 6) is -0.136. The second-order valence-corrected chi connectivity index (χ2v) is 6.93. The normalized spacial score (nSPS) is 15.1. The van der Waals surface area contributed by atoms with Gasteiger partial charge in [-0.05, 0) is 36.6 Å². The van der Waals surface area contributed by atoms with Crippen LogP contribution in [0.15, 0.2) is 54.6 Å². The highest BCUT2D eigenvalue weighted by molar-refractivity contribution is 5.94. The van der Waals surface area contributed by atoms with Gasteiger partial charge in [0.25, 0.3) is 5.91 Å². The van der Waals surface area contributed by atoms with E-state index in [1.165, 1.54) is 25.5 Å². The monoisotopic (exact) mass is 367 g/mol. The molecule has 2 aromatic rings. The highest BCUT2D eigenvalue weighted by atomic mass is 16.6. The number of nitrogens with one attached hydrogen (secondary N) is 1. The Bertz CT molecular complexity index is 782. The Morgan fingerprint density at radius 3 is 2.48 bits per heavy atom. The van der Waals surface area contributed by atoms with E-state index < -0.39 is 5.97 Å². The number of carbonyl (C=O) groups excluding carboxylic acids is 2. The minimum absolute atomic E-state index is 0.00984. The van der Waals surface area contributed by atoms with Gasteiger partial charge in [-0.15, -0.1) is 0 Å². The van der Waals surface area contributed by atoms with Crippen LogP contribution in [0.1, 0.15) is 41.6 Å². The van der Waals surface area contributed by atoms with E-state index in [2.05, 4.69) is 34.3 Å². The average Bonchev–Trinajstić information content (AvgIpc) is 3.21. The van der Waals surface area contributed by atoms with Gasteiger partial charge in [0.15, 0.2) is 6.61 Å². The smallest absolute Gasteiger partial charge is 0.343 e. The molecule has 5 nitrogen and oxygen atoms in total. The summed E-state index contributed by atoms with van der Waals surface area (Å²) in [4.78, 5) is 23.9. The topological polar surface area (TPSA) is 64.6 Å². The maximum atomic E-state index is 12.7. The molecule has 0 aromatic heterocycles. The zero-order chi connectivity index (χ0) is 19.1. The lowest BCUT2D eigenvalue weighted by atomic mass is 9.79. The van der Waals surface area contributed by atoms with Crippen molar-refractivity contribution < 1.29 is 19.1 Å². The first-order chi connectivity index (χ1) is 13.1. The summed E-state index contributed by atoms with van der Waals surface area (Å²) >= 11 is 0. The highest BCUT2D eigenvalue weighted by Gasteiger charge is 2.35. The summed E-state index contributed by atoms with van der Waals surface area (Å²) in [6, 6.07) is 17.3. The summed E-state index contributed by atoms with van der Waals surface area (Å²) in [5, 5.41) is 3.10. The Morgan fingerprint density at radius 2 is 1.78 bits per heavy atom. The van der Waals surface area contributed by atoms with Crippen LogP contribution >= 0.6 is 0 Å². The number of hydrogen-bond donors (Lipinski definition) is 1. The van der Waals surface area contributed by atoms with E-state index >= 15 is 0 Å². The molecule has 0 aliphatic heterocycles. The fourth-order valence-corrected chi connectivity index (χ4v) is 3.69. The minimum Gasteiger partial charge on any atom is -0.482 e. The number of esters is 1. The van der Waals surface area contributed by atoms with Crippen LogP contribution in [0.3, 0.4) is 0 Å². The number of carbonyl (C=O) groups is 2. The van der Waals surface area contributed by atoms with Crippen LogP contribution in [0.2, 0.25) is 0 Å². The molecule has 0 spiro atoms. The van der Waals surface area contributed by atoms with Gasteiger partial charge in [-0.3, -0.25) is 4.79 Å². The average molecular weight is 367 g/mol. The molecule has 2 aromatic carbocycles. The van der Waals surface area contributed by atoms with Crippen molar-refractivity contribution in [1.82, 2.24) is 5.32 Å². The van der Waals surface area contributed by atoms with Crippen molar-refractivity contribution in [3.8, 4) is 5.75 Å². The Labute approximate surface area is 159 Å². The second kappa shape index (κ2) is 8.71. The number of amides is 1.